The quantitative estimate of drug-likeness (QED) is 0.724. The first kappa shape index (κ1) is 9.86. The predicted octanol–water partition coefficient (Wildman–Crippen LogP) is 1.17. The molecule has 70 valence electrons. The molecule has 1 aliphatic heterocycles. The third-order valence-electron chi connectivity index (χ3n) is 1.89. The Balaban J connectivity index is 2.45. The summed E-state index contributed by atoms with van der Waals surface area (Å²) in [6, 6.07) is 0. The molecule has 0 aliphatic carbocycles. The molecule has 0 aromatic rings. The molecule has 1 aliphatic rings. The molecule has 1 N–H and O–H groups in total. The van der Waals surface area contributed by atoms with E-state index in [4.69, 9.17) is 5.11 Å². The molecule has 1 fully saturated rings. The van der Waals surface area contributed by atoms with E-state index in [2.05, 4.69) is 0 Å². The van der Waals surface area contributed by atoms with Crippen molar-refractivity contribution < 1.29 is 9.90 Å². The number of hydrogen-bond acceptors (Lipinski definition) is 3. The van der Waals surface area contributed by atoms with Crippen LogP contribution in [0.5, 0.6) is 0 Å². The SMILES string of the molecule is CC(C)(CO)CN1CCSC1=O. The summed E-state index contributed by atoms with van der Waals surface area (Å²) in [5.41, 5.74) is -0.166. The van der Waals surface area contributed by atoms with Crippen molar-refractivity contribution in [1.29, 1.82) is 0 Å². The first-order chi connectivity index (χ1) is 5.55. The van der Waals surface area contributed by atoms with E-state index < -0.39 is 0 Å². The minimum absolute atomic E-state index is 0.126. The van der Waals surface area contributed by atoms with E-state index in [1.165, 1.54) is 11.8 Å². The molecular weight excluding hydrogens is 174 g/mol. The first-order valence-corrected chi connectivity index (χ1v) is 5.06. The lowest BCUT2D eigenvalue weighted by molar-refractivity contribution is 0.123. The molecule has 0 atom stereocenters. The highest BCUT2D eigenvalue weighted by Crippen LogP contribution is 2.23. The van der Waals surface area contributed by atoms with Gasteiger partial charge in [0.1, 0.15) is 0 Å². The molecule has 3 nitrogen and oxygen atoms in total. The molecule has 1 rings (SSSR count). The summed E-state index contributed by atoms with van der Waals surface area (Å²) in [7, 11) is 0. The minimum atomic E-state index is -0.166. The van der Waals surface area contributed by atoms with E-state index in [9.17, 15) is 4.79 Å². The summed E-state index contributed by atoms with van der Waals surface area (Å²) >= 11 is 1.36. The van der Waals surface area contributed by atoms with E-state index in [1.807, 2.05) is 13.8 Å². The molecule has 1 heterocycles. The van der Waals surface area contributed by atoms with Gasteiger partial charge in [0.25, 0.3) is 5.24 Å². The average Bonchev–Trinajstić information content (AvgIpc) is 2.36. The number of hydrogen-bond donors (Lipinski definition) is 1. The van der Waals surface area contributed by atoms with Gasteiger partial charge >= 0.3 is 0 Å². The van der Waals surface area contributed by atoms with Gasteiger partial charge in [-0.15, -0.1) is 0 Å². The molecule has 0 aromatic carbocycles. The Labute approximate surface area is 77.1 Å². The Morgan fingerprint density at radius 3 is 2.75 bits per heavy atom. The predicted molar refractivity (Wildman–Crippen MR) is 50.3 cm³/mol. The molecule has 0 saturated carbocycles. The Hall–Kier alpha value is -0.220. The van der Waals surface area contributed by atoms with Gasteiger partial charge in [0.15, 0.2) is 0 Å². The van der Waals surface area contributed by atoms with Gasteiger partial charge in [-0.05, 0) is 0 Å². The fraction of sp³-hybridized carbons (Fsp3) is 0.875. The maximum Gasteiger partial charge on any atom is 0.281 e. The van der Waals surface area contributed by atoms with Crippen LogP contribution in [0, 0.1) is 5.41 Å². The Bertz CT molecular complexity index is 182. The van der Waals surface area contributed by atoms with E-state index in [0.29, 0.717) is 6.54 Å². The summed E-state index contributed by atoms with van der Waals surface area (Å²) in [4.78, 5) is 13.0. The highest BCUT2D eigenvalue weighted by molar-refractivity contribution is 8.13. The number of carbonyl (C=O) groups is 1. The summed E-state index contributed by atoms with van der Waals surface area (Å²) in [6.45, 7) is 5.54. The molecule has 0 aromatic heterocycles. The van der Waals surface area contributed by atoms with E-state index in [-0.39, 0.29) is 17.3 Å². The second-order valence-corrected chi connectivity index (χ2v) is 4.90. The zero-order valence-corrected chi connectivity index (χ0v) is 8.36. The number of nitrogens with zero attached hydrogens (tertiary/aromatic N) is 1. The van der Waals surface area contributed by atoms with Crippen molar-refractivity contribution >= 4 is 17.0 Å². The molecule has 0 spiro atoms. The van der Waals surface area contributed by atoms with Crippen LogP contribution in [-0.4, -0.2) is 40.7 Å². The number of carbonyl (C=O) groups excluding carboxylic acids is 1. The molecule has 0 unspecified atom stereocenters. The fourth-order valence-electron chi connectivity index (χ4n) is 1.14. The van der Waals surface area contributed by atoms with Gasteiger partial charge in [-0.25, -0.2) is 0 Å². The van der Waals surface area contributed by atoms with Crippen LogP contribution >= 0.6 is 11.8 Å². The molecule has 0 bridgehead atoms. The van der Waals surface area contributed by atoms with Gasteiger partial charge in [0, 0.05) is 30.9 Å². The summed E-state index contributed by atoms with van der Waals surface area (Å²) in [5.74, 6) is 0.889. The molecule has 1 saturated heterocycles. The average molecular weight is 189 g/mol. The number of rotatable bonds is 3. The maximum absolute atomic E-state index is 11.2. The van der Waals surface area contributed by atoms with Crippen LogP contribution < -0.4 is 0 Å². The summed E-state index contributed by atoms with van der Waals surface area (Å²) < 4.78 is 0. The number of thioether (sulfide) groups is 1. The van der Waals surface area contributed by atoms with E-state index in [1.54, 1.807) is 4.90 Å². The minimum Gasteiger partial charge on any atom is -0.396 e. The lowest BCUT2D eigenvalue weighted by atomic mass is 9.94. The van der Waals surface area contributed by atoms with Crippen molar-refractivity contribution in [1.82, 2.24) is 4.90 Å². The van der Waals surface area contributed by atoms with Crippen LogP contribution in [0.1, 0.15) is 13.8 Å². The topological polar surface area (TPSA) is 40.5 Å². The van der Waals surface area contributed by atoms with Gasteiger partial charge < -0.3 is 10.0 Å². The van der Waals surface area contributed by atoms with Crippen LogP contribution in [0.4, 0.5) is 4.79 Å². The third-order valence-corrected chi connectivity index (χ3v) is 2.78. The number of aliphatic hydroxyl groups excluding tert-OH is 1. The van der Waals surface area contributed by atoms with Crippen molar-refractivity contribution in [2.75, 3.05) is 25.4 Å². The molecule has 12 heavy (non-hydrogen) atoms. The molecule has 4 heteroatoms. The lowest BCUT2D eigenvalue weighted by Crippen LogP contribution is -2.36. The Kier molecular flexibility index (Phi) is 3.01. The smallest absolute Gasteiger partial charge is 0.281 e. The largest absolute Gasteiger partial charge is 0.396 e. The van der Waals surface area contributed by atoms with Crippen molar-refractivity contribution in [2.24, 2.45) is 5.41 Å². The first-order valence-electron chi connectivity index (χ1n) is 4.08. The van der Waals surface area contributed by atoms with Gasteiger partial charge in [0.2, 0.25) is 0 Å². The Morgan fingerprint density at radius 1 is 1.67 bits per heavy atom. The van der Waals surface area contributed by atoms with Crippen LogP contribution in [0.25, 0.3) is 0 Å². The van der Waals surface area contributed by atoms with Crippen LogP contribution in [-0.2, 0) is 0 Å². The zero-order valence-electron chi connectivity index (χ0n) is 7.54. The molecule has 1 amide bonds. The third kappa shape index (κ3) is 2.38. The van der Waals surface area contributed by atoms with Crippen LogP contribution in [0.2, 0.25) is 0 Å². The van der Waals surface area contributed by atoms with Crippen molar-refractivity contribution in [3.05, 3.63) is 0 Å². The Morgan fingerprint density at radius 2 is 2.33 bits per heavy atom. The second-order valence-electron chi connectivity index (χ2n) is 3.86. The summed E-state index contributed by atoms with van der Waals surface area (Å²) in [5, 5.41) is 9.15. The van der Waals surface area contributed by atoms with Gasteiger partial charge in [-0.2, -0.15) is 0 Å². The highest BCUT2D eigenvalue weighted by Gasteiger charge is 2.27. The zero-order chi connectivity index (χ0) is 9.19. The van der Waals surface area contributed by atoms with Crippen LogP contribution in [0.15, 0.2) is 0 Å². The normalized spacial score (nSPS) is 18.9. The second kappa shape index (κ2) is 3.66. The van der Waals surface area contributed by atoms with Crippen molar-refractivity contribution in [3.63, 3.8) is 0 Å². The van der Waals surface area contributed by atoms with Gasteiger partial charge in [-0.1, -0.05) is 25.6 Å². The van der Waals surface area contributed by atoms with Gasteiger partial charge in [0.05, 0.1) is 0 Å². The van der Waals surface area contributed by atoms with E-state index >= 15 is 0 Å². The maximum atomic E-state index is 11.2. The number of aliphatic hydroxyl groups is 1. The lowest BCUT2D eigenvalue weighted by Gasteiger charge is -2.27. The molecule has 0 radical (unpaired) electrons. The monoisotopic (exact) mass is 189 g/mol. The van der Waals surface area contributed by atoms with Crippen LogP contribution in [0.3, 0.4) is 0 Å². The molecular formula is C8H15NO2S. The number of amides is 1. The van der Waals surface area contributed by atoms with Crippen molar-refractivity contribution in [2.45, 2.75) is 13.8 Å². The fourth-order valence-corrected chi connectivity index (χ4v) is 1.96. The van der Waals surface area contributed by atoms with E-state index in [0.717, 1.165) is 12.3 Å². The van der Waals surface area contributed by atoms with Gasteiger partial charge in [-0.3, -0.25) is 4.79 Å². The van der Waals surface area contributed by atoms with Crippen molar-refractivity contribution in [3.8, 4) is 0 Å². The highest BCUT2D eigenvalue weighted by atomic mass is 32.2. The standard InChI is InChI=1S/C8H15NO2S/c1-8(2,6-10)5-9-3-4-12-7(9)11/h10H,3-6H2,1-2H3. The summed E-state index contributed by atoms with van der Waals surface area (Å²) in [6.07, 6.45) is 0.